The fourth-order valence-corrected chi connectivity index (χ4v) is 4.03. The zero-order valence-electron chi connectivity index (χ0n) is 21.0. The Morgan fingerprint density at radius 2 is 1.77 bits per heavy atom. The molecule has 3 N–H and O–H groups in total. The molecular formula is C27H39N7O. The summed E-state index contributed by atoms with van der Waals surface area (Å²) in [6, 6.07) is 7.93. The molecule has 35 heavy (non-hydrogen) atoms. The van der Waals surface area contributed by atoms with Crippen molar-refractivity contribution in [2.24, 2.45) is 0 Å². The largest absolute Gasteiger partial charge is 0.369 e. The minimum atomic E-state index is -0.0541. The Hall–Kier alpha value is -3.42. The topological polar surface area (TPSA) is 104 Å². The van der Waals surface area contributed by atoms with Crippen molar-refractivity contribution in [1.29, 1.82) is 0 Å². The zero-order valence-corrected chi connectivity index (χ0v) is 21.0. The predicted octanol–water partition coefficient (Wildman–Crippen LogP) is 4.36. The molecule has 0 radical (unpaired) electrons. The molecule has 0 aliphatic carbocycles. The Balaban J connectivity index is 1.30. The number of anilines is 1. The molecule has 0 atom stereocenters. The number of nitrogens with two attached hydrogens (primary N) is 1. The van der Waals surface area contributed by atoms with Gasteiger partial charge in [-0.05, 0) is 56.2 Å². The number of imidazole rings is 1. The van der Waals surface area contributed by atoms with Crippen LogP contribution < -0.4 is 11.1 Å². The molecule has 2 heterocycles. The van der Waals surface area contributed by atoms with E-state index in [0.29, 0.717) is 31.1 Å². The minimum absolute atomic E-state index is 0.0541. The number of rotatable bonds is 16. The van der Waals surface area contributed by atoms with Gasteiger partial charge in [-0.2, -0.15) is 0 Å². The molecule has 8 heteroatoms. The van der Waals surface area contributed by atoms with Crippen molar-refractivity contribution in [2.75, 3.05) is 12.3 Å². The molecule has 1 amide bonds. The third-order valence-electron chi connectivity index (χ3n) is 6.05. The van der Waals surface area contributed by atoms with Crippen LogP contribution in [0.3, 0.4) is 0 Å². The van der Waals surface area contributed by atoms with Crippen LogP contribution in [0.4, 0.5) is 5.95 Å². The van der Waals surface area contributed by atoms with E-state index in [4.69, 9.17) is 5.73 Å². The molecule has 0 fully saturated rings. The maximum absolute atomic E-state index is 12.4. The number of hydrogen-bond acceptors (Lipinski definition) is 5. The second kappa shape index (κ2) is 14.1. The van der Waals surface area contributed by atoms with Gasteiger partial charge in [-0.25, -0.2) is 4.98 Å². The lowest BCUT2D eigenvalue weighted by Crippen LogP contribution is -2.27. The summed E-state index contributed by atoms with van der Waals surface area (Å²) >= 11 is 0. The lowest BCUT2D eigenvalue weighted by atomic mass is 10.1. The second-order valence-electron chi connectivity index (χ2n) is 8.98. The SMILES string of the molecule is C=CCn1cc(CCCCCc2cn(CCNC(=O)c3ccc(CCCCC)cc3)nn2)nc1N. The Bertz CT molecular complexity index is 1050. The fourth-order valence-electron chi connectivity index (χ4n) is 4.03. The lowest BCUT2D eigenvalue weighted by molar-refractivity contribution is 0.0952. The van der Waals surface area contributed by atoms with Gasteiger partial charge in [0.05, 0.1) is 17.9 Å². The average molecular weight is 478 g/mol. The van der Waals surface area contributed by atoms with Gasteiger partial charge in [0.25, 0.3) is 5.91 Å². The molecule has 0 saturated heterocycles. The van der Waals surface area contributed by atoms with E-state index < -0.39 is 0 Å². The third-order valence-corrected chi connectivity index (χ3v) is 6.05. The number of unbranched alkanes of at least 4 members (excludes halogenated alkanes) is 4. The molecule has 0 aliphatic rings. The molecule has 0 saturated carbocycles. The van der Waals surface area contributed by atoms with E-state index in [-0.39, 0.29) is 5.91 Å². The zero-order chi connectivity index (χ0) is 24.9. The highest BCUT2D eigenvalue weighted by atomic mass is 16.1. The summed E-state index contributed by atoms with van der Waals surface area (Å²) in [6.07, 6.45) is 15.5. The van der Waals surface area contributed by atoms with Crippen LogP contribution in [-0.4, -0.2) is 37.0 Å². The standard InChI is InChI=1S/C27H39N7O/c1-3-5-7-10-22-13-15-23(16-14-22)26(35)29-17-19-34-21-25(31-32-34)12-9-6-8-11-24-20-33(18-4-2)27(28)30-24/h4,13-16,20-21H,2-3,5-12,17-19H2,1H3,(H2,28,30)(H,29,35). The maximum atomic E-state index is 12.4. The number of benzene rings is 1. The van der Waals surface area contributed by atoms with E-state index in [9.17, 15) is 4.79 Å². The van der Waals surface area contributed by atoms with E-state index in [2.05, 4.69) is 46.2 Å². The molecule has 0 bridgehead atoms. The molecule has 0 spiro atoms. The number of hydrogen-bond donors (Lipinski definition) is 2. The first-order valence-electron chi connectivity index (χ1n) is 12.8. The van der Waals surface area contributed by atoms with Crippen molar-refractivity contribution in [3.8, 4) is 0 Å². The molecule has 3 rings (SSSR count). The summed E-state index contributed by atoms with van der Waals surface area (Å²) in [6.45, 7) is 7.74. The summed E-state index contributed by atoms with van der Waals surface area (Å²) in [7, 11) is 0. The van der Waals surface area contributed by atoms with Gasteiger partial charge in [0.15, 0.2) is 0 Å². The minimum Gasteiger partial charge on any atom is -0.369 e. The molecule has 3 aromatic rings. The number of allylic oxidation sites excluding steroid dienone is 1. The highest BCUT2D eigenvalue weighted by molar-refractivity contribution is 5.94. The Morgan fingerprint density at radius 1 is 1.03 bits per heavy atom. The van der Waals surface area contributed by atoms with Gasteiger partial charge in [0.2, 0.25) is 5.95 Å². The van der Waals surface area contributed by atoms with Crippen LogP contribution in [0.25, 0.3) is 0 Å². The molecular weight excluding hydrogens is 438 g/mol. The van der Waals surface area contributed by atoms with Crippen LogP contribution >= 0.6 is 0 Å². The summed E-state index contributed by atoms with van der Waals surface area (Å²) < 4.78 is 3.70. The van der Waals surface area contributed by atoms with Crippen LogP contribution in [0.15, 0.2) is 49.3 Å². The van der Waals surface area contributed by atoms with Crippen molar-refractivity contribution in [3.63, 3.8) is 0 Å². The van der Waals surface area contributed by atoms with Gasteiger partial charge in [-0.1, -0.05) is 49.6 Å². The average Bonchev–Trinajstić information content (AvgIpc) is 3.45. The van der Waals surface area contributed by atoms with Crippen LogP contribution in [0.1, 0.15) is 72.8 Å². The smallest absolute Gasteiger partial charge is 0.251 e. The predicted molar refractivity (Wildman–Crippen MR) is 140 cm³/mol. The Kier molecular flexibility index (Phi) is 10.5. The van der Waals surface area contributed by atoms with E-state index in [0.717, 1.165) is 49.9 Å². The maximum Gasteiger partial charge on any atom is 0.251 e. The van der Waals surface area contributed by atoms with Crippen LogP contribution in [0.2, 0.25) is 0 Å². The first kappa shape index (κ1) is 26.2. The number of nitrogen functional groups attached to an aromatic ring is 1. The number of aryl methyl sites for hydroxylation is 3. The van der Waals surface area contributed by atoms with Crippen molar-refractivity contribution in [3.05, 3.63) is 71.8 Å². The summed E-state index contributed by atoms with van der Waals surface area (Å²) in [5, 5.41) is 11.4. The molecule has 1 aromatic carbocycles. The van der Waals surface area contributed by atoms with Crippen LogP contribution in [0.5, 0.6) is 0 Å². The fraction of sp³-hybridized carbons (Fsp3) is 0.481. The van der Waals surface area contributed by atoms with Crippen molar-refractivity contribution in [2.45, 2.75) is 77.8 Å². The van der Waals surface area contributed by atoms with E-state index >= 15 is 0 Å². The van der Waals surface area contributed by atoms with Gasteiger partial charge in [-0.3, -0.25) is 9.48 Å². The Labute approximate surface area is 208 Å². The number of carbonyl (C=O) groups is 1. The number of amides is 1. The van der Waals surface area contributed by atoms with Gasteiger partial charge < -0.3 is 15.6 Å². The van der Waals surface area contributed by atoms with Gasteiger partial charge in [0, 0.05) is 31.0 Å². The van der Waals surface area contributed by atoms with Crippen LogP contribution in [0, 0.1) is 0 Å². The molecule has 0 aliphatic heterocycles. The van der Waals surface area contributed by atoms with Crippen molar-refractivity contribution >= 4 is 11.9 Å². The highest BCUT2D eigenvalue weighted by Crippen LogP contribution is 2.11. The quantitative estimate of drug-likeness (QED) is 0.236. The lowest BCUT2D eigenvalue weighted by Gasteiger charge is -2.06. The van der Waals surface area contributed by atoms with Crippen LogP contribution in [-0.2, 0) is 32.4 Å². The van der Waals surface area contributed by atoms with E-state index in [1.807, 2.05) is 35.2 Å². The van der Waals surface area contributed by atoms with Gasteiger partial charge in [-0.15, -0.1) is 11.7 Å². The number of nitrogens with zero attached hydrogens (tertiary/aromatic N) is 5. The van der Waals surface area contributed by atoms with E-state index in [1.54, 1.807) is 4.68 Å². The summed E-state index contributed by atoms with van der Waals surface area (Å²) in [4.78, 5) is 16.8. The normalized spacial score (nSPS) is 11.0. The third kappa shape index (κ3) is 8.70. The summed E-state index contributed by atoms with van der Waals surface area (Å²) in [5.74, 6) is 0.491. The second-order valence-corrected chi connectivity index (χ2v) is 8.98. The number of carbonyl (C=O) groups excluding carboxylic acids is 1. The van der Waals surface area contributed by atoms with Crippen molar-refractivity contribution in [1.82, 2.24) is 29.9 Å². The van der Waals surface area contributed by atoms with Crippen molar-refractivity contribution < 1.29 is 4.79 Å². The van der Waals surface area contributed by atoms with E-state index in [1.165, 1.54) is 24.8 Å². The molecule has 188 valence electrons. The molecule has 2 aromatic heterocycles. The monoisotopic (exact) mass is 477 g/mol. The first-order chi connectivity index (χ1) is 17.1. The number of nitrogens with one attached hydrogen (secondary N) is 1. The van der Waals surface area contributed by atoms with Gasteiger partial charge in [0.1, 0.15) is 0 Å². The first-order valence-corrected chi connectivity index (χ1v) is 12.8. The number of aromatic nitrogens is 5. The molecule has 8 nitrogen and oxygen atoms in total. The Morgan fingerprint density at radius 3 is 2.51 bits per heavy atom. The van der Waals surface area contributed by atoms with Gasteiger partial charge >= 0.3 is 0 Å². The highest BCUT2D eigenvalue weighted by Gasteiger charge is 2.07. The summed E-state index contributed by atoms with van der Waals surface area (Å²) in [5.41, 5.74) is 9.89. The molecule has 0 unspecified atom stereocenters.